The first-order valence-electron chi connectivity index (χ1n) is 11.5. The van der Waals surface area contributed by atoms with Gasteiger partial charge >= 0.3 is 11.9 Å². The van der Waals surface area contributed by atoms with Crippen molar-refractivity contribution in [1.29, 1.82) is 0 Å². The lowest BCUT2D eigenvalue weighted by Gasteiger charge is -2.25. The van der Waals surface area contributed by atoms with E-state index >= 15 is 0 Å². The average Bonchev–Trinajstić information content (AvgIpc) is 2.83. The van der Waals surface area contributed by atoms with Crippen molar-refractivity contribution >= 4 is 41.5 Å². The molecule has 208 valence electrons. The minimum Gasteiger partial charge on any atom is -0.481 e. The van der Waals surface area contributed by atoms with Crippen LogP contribution in [0.5, 0.6) is 0 Å². The predicted octanol–water partition coefficient (Wildman–Crippen LogP) is -2.90. The first-order chi connectivity index (χ1) is 17.8. The zero-order valence-electron chi connectivity index (χ0n) is 20.4. The molecule has 0 saturated heterocycles. The number of benzene rings is 1. The molecule has 0 spiro atoms. The van der Waals surface area contributed by atoms with Gasteiger partial charge < -0.3 is 43.4 Å². The van der Waals surface area contributed by atoms with Gasteiger partial charge in [0.1, 0.15) is 18.1 Å². The number of amides is 5. The highest BCUT2D eigenvalue weighted by Crippen LogP contribution is 2.07. The van der Waals surface area contributed by atoms with E-state index in [1.165, 1.54) is 0 Å². The summed E-state index contributed by atoms with van der Waals surface area (Å²) in [5.41, 5.74) is 16.5. The maximum Gasteiger partial charge on any atom is 0.326 e. The van der Waals surface area contributed by atoms with E-state index in [9.17, 15) is 38.7 Å². The molecule has 0 bridgehead atoms. The van der Waals surface area contributed by atoms with Gasteiger partial charge in [-0.3, -0.25) is 28.8 Å². The van der Waals surface area contributed by atoms with E-state index in [0.717, 1.165) is 0 Å². The van der Waals surface area contributed by atoms with Crippen molar-refractivity contribution in [3.05, 3.63) is 35.9 Å². The summed E-state index contributed by atoms with van der Waals surface area (Å²) in [6.45, 7) is 0. The molecule has 38 heavy (non-hydrogen) atoms. The molecular weight excluding hydrogens is 504 g/mol. The molecule has 0 fully saturated rings. The number of carbonyl (C=O) groups is 7. The largest absolute Gasteiger partial charge is 0.481 e. The second-order valence-corrected chi connectivity index (χ2v) is 8.43. The highest BCUT2D eigenvalue weighted by molar-refractivity contribution is 5.95. The fourth-order valence-electron chi connectivity index (χ4n) is 3.27. The van der Waals surface area contributed by atoms with E-state index in [0.29, 0.717) is 5.56 Å². The van der Waals surface area contributed by atoms with E-state index in [4.69, 9.17) is 22.3 Å². The number of hydrogen-bond donors (Lipinski definition) is 8. The summed E-state index contributed by atoms with van der Waals surface area (Å²) < 4.78 is 0. The monoisotopic (exact) mass is 536 g/mol. The first-order valence-corrected chi connectivity index (χ1v) is 11.5. The summed E-state index contributed by atoms with van der Waals surface area (Å²) in [7, 11) is 0. The van der Waals surface area contributed by atoms with Crippen molar-refractivity contribution in [2.45, 2.75) is 62.7 Å². The molecule has 1 aromatic rings. The van der Waals surface area contributed by atoms with Crippen molar-refractivity contribution in [3.8, 4) is 0 Å². The minimum absolute atomic E-state index is 0.0533. The topological polar surface area (TPSA) is 274 Å². The number of carboxylic acid groups (broad SMARTS) is 2. The number of nitrogens with one attached hydrogen (secondary N) is 3. The van der Waals surface area contributed by atoms with E-state index in [2.05, 4.69) is 16.0 Å². The van der Waals surface area contributed by atoms with E-state index in [-0.39, 0.29) is 19.3 Å². The van der Waals surface area contributed by atoms with Crippen LogP contribution in [-0.2, 0) is 40.0 Å². The number of aliphatic carboxylic acids is 2. The summed E-state index contributed by atoms with van der Waals surface area (Å²) >= 11 is 0. The highest BCUT2D eigenvalue weighted by atomic mass is 16.4. The van der Waals surface area contributed by atoms with Crippen LogP contribution < -0.4 is 33.2 Å². The summed E-state index contributed by atoms with van der Waals surface area (Å²) in [6, 6.07) is 2.77. The number of carboxylic acids is 2. The molecule has 15 heteroatoms. The van der Waals surface area contributed by atoms with Gasteiger partial charge in [0.25, 0.3) is 0 Å². The lowest BCUT2D eigenvalue weighted by Crippen LogP contribution is -2.58. The van der Waals surface area contributed by atoms with Gasteiger partial charge in [-0.15, -0.1) is 0 Å². The number of nitrogens with two attached hydrogens (primary N) is 3. The van der Waals surface area contributed by atoms with Crippen LogP contribution in [0, 0.1) is 0 Å². The number of carbonyl (C=O) groups excluding carboxylic acids is 5. The van der Waals surface area contributed by atoms with Crippen LogP contribution in [0.4, 0.5) is 0 Å². The number of rotatable bonds is 17. The lowest BCUT2D eigenvalue weighted by molar-refractivity contribution is -0.143. The number of hydrogen-bond acceptors (Lipinski definition) is 8. The Labute approximate surface area is 217 Å². The molecule has 0 saturated carbocycles. The predicted molar refractivity (Wildman–Crippen MR) is 131 cm³/mol. The van der Waals surface area contributed by atoms with Crippen LogP contribution in [0.2, 0.25) is 0 Å². The van der Waals surface area contributed by atoms with Gasteiger partial charge in [-0.1, -0.05) is 30.3 Å². The Morgan fingerprint density at radius 1 is 0.711 bits per heavy atom. The summed E-state index contributed by atoms with van der Waals surface area (Å²) in [6.07, 6.45) is -2.19. The van der Waals surface area contributed by atoms with Crippen LogP contribution >= 0.6 is 0 Å². The van der Waals surface area contributed by atoms with Crippen LogP contribution in [0.25, 0.3) is 0 Å². The molecule has 4 atom stereocenters. The second kappa shape index (κ2) is 15.6. The van der Waals surface area contributed by atoms with Crippen LogP contribution in [-0.4, -0.2) is 75.9 Å². The fraction of sp³-hybridized carbons (Fsp3) is 0.435. The Bertz CT molecular complexity index is 1030. The molecule has 0 heterocycles. The SMILES string of the molecule is NC(=O)CCC(NC(=O)C(Cc1ccccc1)NC(=O)C(N)CC(N)=O)C(=O)NC(CCC(=O)O)C(=O)O. The third kappa shape index (κ3) is 11.9. The molecule has 0 aliphatic heterocycles. The zero-order chi connectivity index (χ0) is 28.8. The Morgan fingerprint density at radius 3 is 1.76 bits per heavy atom. The fourth-order valence-corrected chi connectivity index (χ4v) is 3.27. The molecule has 1 rings (SSSR count). The van der Waals surface area contributed by atoms with Gasteiger partial charge in [-0.05, 0) is 18.4 Å². The standard InChI is InChI=1S/C23H32N6O9/c24-13(11-18(26)31)20(34)29-16(10-12-4-2-1-3-5-12)22(36)27-14(6-8-17(25)30)21(35)28-15(23(37)38)7-9-19(32)33/h1-5,13-16H,6-11,24H2,(H2,25,30)(H2,26,31)(H,27,36)(H,28,35)(H,29,34)(H,32,33)(H,37,38). The summed E-state index contributed by atoms with van der Waals surface area (Å²) in [5, 5.41) is 25.1. The minimum atomic E-state index is -1.59. The van der Waals surface area contributed by atoms with Gasteiger partial charge in [0, 0.05) is 19.3 Å². The molecule has 0 radical (unpaired) electrons. The molecule has 0 aliphatic rings. The first kappa shape index (κ1) is 31.5. The van der Waals surface area contributed by atoms with Crippen molar-refractivity contribution in [2.24, 2.45) is 17.2 Å². The zero-order valence-corrected chi connectivity index (χ0v) is 20.4. The van der Waals surface area contributed by atoms with Gasteiger partial charge in [-0.2, -0.15) is 0 Å². The van der Waals surface area contributed by atoms with Gasteiger partial charge in [0.05, 0.1) is 12.5 Å². The summed E-state index contributed by atoms with van der Waals surface area (Å²) in [5.74, 6) is -7.17. The second-order valence-electron chi connectivity index (χ2n) is 8.43. The van der Waals surface area contributed by atoms with Crippen molar-refractivity contribution in [2.75, 3.05) is 0 Å². The van der Waals surface area contributed by atoms with E-state index in [1.54, 1.807) is 30.3 Å². The van der Waals surface area contributed by atoms with Crippen molar-refractivity contribution in [3.63, 3.8) is 0 Å². The van der Waals surface area contributed by atoms with Gasteiger partial charge in [0.15, 0.2) is 0 Å². The third-order valence-electron chi connectivity index (χ3n) is 5.25. The Kier molecular flexibility index (Phi) is 12.9. The van der Waals surface area contributed by atoms with Crippen LogP contribution in [0.15, 0.2) is 30.3 Å². The van der Waals surface area contributed by atoms with Gasteiger partial charge in [-0.25, -0.2) is 4.79 Å². The molecular formula is C23H32N6O9. The Balaban J connectivity index is 3.13. The van der Waals surface area contributed by atoms with Crippen LogP contribution in [0.3, 0.4) is 0 Å². The number of primary amides is 2. The molecule has 15 nitrogen and oxygen atoms in total. The molecule has 4 unspecified atom stereocenters. The highest BCUT2D eigenvalue weighted by Gasteiger charge is 2.31. The van der Waals surface area contributed by atoms with Crippen molar-refractivity contribution in [1.82, 2.24) is 16.0 Å². The third-order valence-corrected chi connectivity index (χ3v) is 5.25. The van der Waals surface area contributed by atoms with Gasteiger partial charge in [0.2, 0.25) is 29.5 Å². The van der Waals surface area contributed by atoms with E-state index in [1.807, 2.05) is 0 Å². The smallest absolute Gasteiger partial charge is 0.326 e. The maximum atomic E-state index is 13.2. The molecule has 0 aromatic heterocycles. The molecule has 0 aliphatic carbocycles. The van der Waals surface area contributed by atoms with Crippen molar-refractivity contribution < 1.29 is 43.8 Å². The summed E-state index contributed by atoms with van der Waals surface area (Å²) in [4.78, 5) is 83.2. The molecule has 1 aromatic carbocycles. The normalized spacial score (nSPS) is 13.7. The average molecular weight is 537 g/mol. The maximum absolute atomic E-state index is 13.2. The van der Waals surface area contributed by atoms with Crippen LogP contribution in [0.1, 0.15) is 37.7 Å². The lowest BCUT2D eigenvalue weighted by atomic mass is 10.0. The Morgan fingerprint density at radius 2 is 1.24 bits per heavy atom. The molecule has 11 N–H and O–H groups in total. The molecule has 5 amide bonds. The Hall–Kier alpha value is -4.53. The quantitative estimate of drug-likeness (QED) is 0.100. The van der Waals surface area contributed by atoms with E-state index < -0.39 is 84.9 Å².